The predicted octanol–water partition coefficient (Wildman–Crippen LogP) is 0.758. The van der Waals surface area contributed by atoms with Gasteiger partial charge in [0.15, 0.2) is 0 Å². The zero-order valence-corrected chi connectivity index (χ0v) is 9.85. The molecule has 0 aliphatic carbocycles. The second-order valence-corrected chi connectivity index (χ2v) is 3.34. The summed E-state index contributed by atoms with van der Waals surface area (Å²) in [6.45, 7) is 4.15. The Balaban J connectivity index is 0.000000770. The summed E-state index contributed by atoms with van der Waals surface area (Å²) in [7, 11) is -1.70. The third kappa shape index (κ3) is 5.97. The van der Waals surface area contributed by atoms with Crippen molar-refractivity contribution in [3.63, 3.8) is 0 Å². The third-order valence-corrected chi connectivity index (χ3v) is 1.69. The zero-order valence-electron chi connectivity index (χ0n) is 9.85. The van der Waals surface area contributed by atoms with Gasteiger partial charge in [-0.25, -0.2) is 14.2 Å². The highest BCUT2D eigenvalue weighted by Crippen LogP contribution is 2.06. The predicted molar refractivity (Wildman–Crippen MR) is 64.0 cm³/mol. The quantitative estimate of drug-likeness (QED) is 0.464. The van der Waals surface area contributed by atoms with Gasteiger partial charge in [0.1, 0.15) is 5.82 Å². The lowest BCUT2D eigenvalue weighted by molar-refractivity contribution is 0.425. The number of hydrogen-bond donors (Lipinski definition) is 2. The van der Waals surface area contributed by atoms with Gasteiger partial charge >= 0.3 is 7.12 Å². The summed E-state index contributed by atoms with van der Waals surface area (Å²) >= 11 is 0. The van der Waals surface area contributed by atoms with Crippen molar-refractivity contribution in [3.05, 3.63) is 29.6 Å². The Hall–Kier alpha value is -1.49. The van der Waals surface area contributed by atoms with Gasteiger partial charge < -0.3 is 10.0 Å². The molecule has 0 saturated heterocycles. The van der Waals surface area contributed by atoms with Gasteiger partial charge in [0.25, 0.3) is 0 Å². The molecule has 0 radical (unpaired) electrons. The minimum Gasteiger partial charge on any atom is -0.423 e. The van der Waals surface area contributed by atoms with Gasteiger partial charge in [-0.2, -0.15) is 0 Å². The van der Waals surface area contributed by atoms with Crippen LogP contribution in [0.15, 0.2) is 23.2 Å². The van der Waals surface area contributed by atoms with Gasteiger partial charge in [0.05, 0.1) is 6.54 Å². The first-order chi connectivity index (χ1) is 8.06. The molecule has 0 spiro atoms. The summed E-state index contributed by atoms with van der Waals surface area (Å²) in [6, 6.07) is 3.68. The fourth-order valence-corrected chi connectivity index (χ4v) is 0.970. The van der Waals surface area contributed by atoms with Crippen LogP contribution < -0.4 is 5.46 Å². The Morgan fingerprint density at radius 2 is 2.00 bits per heavy atom. The van der Waals surface area contributed by atoms with Gasteiger partial charge in [0, 0.05) is 5.56 Å². The summed E-state index contributed by atoms with van der Waals surface area (Å²) in [5, 5.41) is 17.4. The SMILES string of the molecule is CCC.O=C=NCc1ccc(B(O)O)cc1F. The molecule has 0 amide bonds. The summed E-state index contributed by atoms with van der Waals surface area (Å²) in [4.78, 5) is 13.0. The fourth-order valence-electron chi connectivity index (χ4n) is 0.970. The van der Waals surface area contributed by atoms with E-state index in [9.17, 15) is 9.18 Å². The molecule has 0 aliphatic heterocycles. The Bertz CT molecular complexity index is 392. The molecule has 17 heavy (non-hydrogen) atoms. The van der Waals surface area contributed by atoms with Crippen LogP contribution in [0.3, 0.4) is 0 Å². The van der Waals surface area contributed by atoms with E-state index in [0.29, 0.717) is 0 Å². The molecule has 92 valence electrons. The first kappa shape index (κ1) is 15.5. The maximum Gasteiger partial charge on any atom is 0.488 e. The van der Waals surface area contributed by atoms with Crippen LogP contribution in [-0.2, 0) is 11.3 Å². The molecule has 0 bridgehead atoms. The summed E-state index contributed by atoms with van der Waals surface area (Å²) in [6.07, 6.45) is 2.54. The van der Waals surface area contributed by atoms with Crippen LogP contribution in [0.5, 0.6) is 0 Å². The molecule has 1 aromatic rings. The van der Waals surface area contributed by atoms with Crippen molar-refractivity contribution in [2.24, 2.45) is 4.99 Å². The van der Waals surface area contributed by atoms with E-state index in [4.69, 9.17) is 10.0 Å². The van der Waals surface area contributed by atoms with Crippen LogP contribution in [0.1, 0.15) is 25.8 Å². The summed E-state index contributed by atoms with van der Waals surface area (Å²) in [5.41, 5.74) is 0.263. The third-order valence-electron chi connectivity index (χ3n) is 1.69. The first-order valence-electron chi connectivity index (χ1n) is 5.24. The van der Waals surface area contributed by atoms with Crippen LogP contribution in [0, 0.1) is 5.82 Å². The smallest absolute Gasteiger partial charge is 0.423 e. The van der Waals surface area contributed by atoms with E-state index in [1.54, 1.807) is 0 Å². The minimum atomic E-state index is -1.70. The number of halogens is 1. The van der Waals surface area contributed by atoms with Gasteiger partial charge in [-0.1, -0.05) is 32.4 Å². The average Bonchev–Trinajstić information content (AvgIpc) is 2.28. The molecular weight excluding hydrogens is 224 g/mol. The van der Waals surface area contributed by atoms with E-state index in [0.717, 1.165) is 6.07 Å². The van der Waals surface area contributed by atoms with E-state index in [1.807, 2.05) is 0 Å². The lowest BCUT2D eigenvalue weighted by atomic mass is 9.80. The second kappa shape index (κ2) is 8.64. The van der Waals surface area contributed by atoms with Crippen molar-refractivity contribution in [2.75, 3.05) is 0 Å². The lowest BCUT2D eigenvalue weighted by Gasteiger charge is -2.02. The number of aliphatic imine (C=N–C) groups is 1. The Morgan fingerprint density at radius 1 is 1.41 bits per heavy atom. The van der Waals surface area contributed by atoms with E-state index in [-0.39, 0.29) is 17.6 Å². The molecule has 0 heterocycles. The molecule has 1 rings (SSSR count). The monoisotopic (exact) mass is 239 g/mol. The van der Waals surface area contributed by atoms with Crippen LogP contribution in [0.25, 0.3) is 0 Å². The second-order valence-electron chi connectivity index (χ2n) is 3.34. The Labute approximate surface area is 100.0 Å². The topological polar surface area (TPSA) is 69.9 Å². The first-order valence-corrected chi connectivity index (χ1v) is 5.24. The van der Waals surface area contributed by atoms with Crippen LogP contribution in [-0.4, -0.2) is 23.2 Å². The molecule has 0 atom stereocenters. The molecule has 0 fully saturated rings. The molecule has 0 saturated carbocycles. The highest BCUT2D eigenvalue weighted by molar-refractivity contribution is 6.58. The van der Waals surface area contributed by atoms with Crippen LogP contribution in [0.2, 0.25) is 0 Å². The van der Waals surface area contributed by atoms with Crippen molar-refractivity contribution in [3.8, 4) is 0 Å². The zero-order chi connectivity index (χ0) is 13.3. The standard InChI is InChI=1S/C8H7BFNO3.C3H8/c10-8-3-7(9(13)14)2-1-6(8)4-11-5-12;1-3-2/h1-3,13-14H,4H2;3H2,1-2H3. The fraction of sp³-hybridized carbons (Fsp3) is 0.364. The Morgan fingerprint density at radius 3 is 2.41 bits per heavy atom. The van der Waals surface area contributed by atoms with Crippen molar-refractivity contribution < 1.29 is 19.2 Å². The maximum atomic E-state index is 13.1. The van der Waals surface area contributed by atoms with Gasteiger partial charge in [0.2, 0.25) is 6.08 Å². The molecule has 1 aromatic carbocycles. The lowest BCUT2D eigenvalue weighted by Crippen LogP contribution is -2.30. The van der Waals surface area contributed by atoms with E-state index < -0.39 is 12.9 Å². The molecule has 0 unspecified atom stereocenters. The van der Waals surface area contributed by atoms with Crippen molar-refractivity contribution >= 4 is 18.7 Å². The molecule has 6 heteroatoms. The highest BCUT2D eigenvalue weighted by Gasteiger charge is 2.12. The van der Waals surface area contributed by atoms with Crippen molar-refractivity contribution in [1.82, 2.24) is 0 Å². The average molecular weight is 239 g/mol. The van der Waals surface area contributed by atoms with Crippen molar-refractivity contribution in [2.45, 2.75) is 26.8 Å². The normalized spacial score (nSPS) is 8.76. The number of carbonyl (C=O) groups excluding carboxylic acids is 1. The number of isocyanates is 1. The Kier molecular flexibility index (Phi) is 7.89. The van der Waals surface area contributed by atoms with Crippen LogP contribution >= 0.6 is 0 Å². The van der Waals surface area contributed by atoms with E-state index >= 15 is 0 Å². The molecule has 0 aromatic heterocycles. The van der Waals surface area contributed by atoms with Gasteiger partial charge in [-0.05, 0) is 11.5 Å². The van der Waals surface area contributed by atoms with E-state index in [2.05, 4.69) is 18.8 Å². The maximum absolute atomic E-state index is 13.1. The van der Waals surface area contributed by atoms with Gasteiger partial charge in [-0.3, -0.25) is 0 Å². The number of rotatable bonds is 3. The van der Waals surface area contributed by atoms with Gasteiger partial charge in [-0.15, -0.1) is 0 Å². The molecular formula is C11H15BFNO3. The molecule has 2 N–H and O–H groups in total. The minimum absolute atomic E-state index is 0.0568. The van der Waals surface area contributed by atoms with Crippen molar-refractivity contribution in [1.29, 1.82) is 0 Å². The van der Waals surface area contributed by atoms with E-state index in [1.165, 1.54) is 24.6 Å². The number of benzene rings is 1. The molecule has 4 nitrogen and oxygen atoms in total. The highest BCUT2D eigenvalue weighted by atomic mass is 19.1. The number of nitrogens with zero attached hydrogens (tertiary/aromatic N) is 1. The molecule has 0 aliphatic rings. The summed E-state index contributed by atoms with van der Waals surface area (Å²) in [5.74, 6) is -0.630. The summed E-state index contributed by atoms with van der Waals surface area (Å²) < 4.78 is 13.1. The number of hydrogen-bond acceptors (Lipinski definition) is 4. The largest absolute Gasteiger partial charge is 0.488 e. The van der Waals surface area contributed by atoms with Crippen LogP contribution in [0.4, 0.5) is 4.39 Å².